The molecule has 1 aliphatic heterocycles. The van der Waals surface area contributed by atoms with Gasteiger partial charge >= 0.3 is 5.97 Å². The number of amides is 1. The Morgan fingerprint density at radius 1 is 1.50 bits per heavy atom. The molecule has 0 unspecified atom stereocenters. The Labute approximate surface area is 116 Å². The fraction of sp³-hybridized carbons (Fsp3) is 0.615. The smallest absolute Gasteiger partial charge is 0.332 e. The molecular weight excluding hydrogens is 262 g/mol. The lowest BCUT2D eigenvalue weighted by Gasteiger charge is -2.11. The minimum absolute atomic E-state index is 0.264. The van der Waals surface area contributed by atoms with Crippen molar-refractivity contribution in [3.05, 3.63) is 17.5 Å². The summed E-state index contributed by atoms with van der Waals surface area (Å²) in [4.78, 5) is 22.7. The van der Waals surface area contributed by atoms with E-state index in [9.17, 15) is 9.59 Å². The largest absolute Gasteiger partial charge is 0.479 e. The van der Waals surface area contributed by atoms with E-state index in [1.165, 1.54) is 0 Å². The minimum atomic E-state index is -1.01. The predicted molar refractivity (Wildman–Crippen MR) is 70.0 cm³/mol. The fourth-order valence-electron chi connectivity index (χ4n) is 2.34. The molecule has 7 nitrogen and oxygen atoms in total. The number of hydrogen-bond donors (Lipinski definition) is 2. The van der Waals surface area contributed by atoms with Gasteiger partial charge in [0.15, 0.2) is 6.10 Å². The van der Waals surface area contributed by atoms with Gasteiger partial charge in [-0.25, -0.2) is 4.79 Å². The Morgan fingerprint density at radius 3 is 2.80 bits per heavy atom. The molecule has 2 N–H and O–H groups in total. The predicted octanol–water partition coefficient (Wildman–Crippen LogP) is 0.231. The van der Waals surface area contributed by atoms with Crippen molar-refractivity contribution >= 4 is 11.9 Å². The fourth-order valence-corrected chi connectivity index (χ4v) is 2.34. The number of carboxylic acids is 1. The van der Waals surface area contributed by atoms with Crippen molar-refractivity contribution in [2.45, 2.75) is 44.9 Å². The van der Waals surface area contributed by atoms with Gasteiger partial charge in [0.25, 0.3) is 0 Å². The molecule has 0 saturated carbocycles. The third-order valence-electron chi connectivity index (χ3n) is 3.37. The van der Waals surface area contributed by atoms with E-state index < -0.39 is 18.2 Å². The summed E-state index contributed by atoms with van der Waals surface area (Å²) in [5, 5.41) is 15.9. The van der Waals surface area contributed by atoms with E-state index in [-0.39, 0.29) is 5.91 Å². The zero-order valence-corrected chi connectivity index (χ0v) is 11.6. The van der Waals surface area contributed by atoms with Gasteiger partial charge in [-0.2, -0.15) is 5.10 Å². The number of carboxylic acid groups (broad SMARTS) is 1. The first-order chi connectivity index (χ1) is 9.51. The number of aliphatic carboxylic acids is 1. The maximum atomic E-state index is 11.9. The highest BCUT2D eigenvalue weighted by Gasteiger charge is 2.34. The monoisotopic (exact) mass is 281 g/mol. The van der Waals surface area contributed by atoms with Crippen LogP contribution in [-0.2, 0) is 34.3 Å². The Bertz CT molecular complexity index is 512. The molecule has 0 radical (unpaired) electrons. The highest BCUT2D eigenvalue weighted by Crippen LogP contribution is 2.20. The molecule has 0 aliphatic carbocycles. The summed E-state index contributed by atoms with van der Waals surface area (Å²) in [5.74, 6) is -1.28. The van der Waals surface area contributed by atoms with Crippen LogP contribution in [0.3, 0.4) is 0 Å². The van der Waals surface area contributed by atoms with Gasteiger partial charge in [-0.15, -0.1) is 0 Å². The van der Waals surface area contributed by atoms with Gasteiger partial charge < -0.3 is 15.2 Å². The van der Waals surface area contributed by atoms with Gasteiger partial charge in [-0.1, -0.05) is 6.92 Å². The molecule has 2 rings (SSSR count). The second kappa shape index (κ2) is 6.04. The maximum Gasteiger partial charge on any atom is 0.332 e. The van der Waals surface area contributed by atoms with E-state index in [0.717, 1.165) is 17.7 Å². The van der Waals surface area contributed by atoms with Crippen LogP contribution in [0.5, 0.6) is 0 Å². The van der Waals surface area contributed by atoms with Crippen molar-refractivity contribution in [2.24, 2.45) is 7.05 Å². The molecule has 0 spiro atoms. The summed E-state index contributed by atoms with van der Waals surface area (Å²) in [6.45, 7) is 2.39. The van der Waals surface area contributed by atoms with Crippen molar-refractivity contribution in [1.29, 1.82) is 0 Å². The molecule has 2 atom stereocenters. The van der Waals surface area contributed by atoms with Gasteiger partial charge in [0, 0.05) is 25.4 Å². The third kappa shape index (κ3) is 3.16. The number of aromatic nitrogens is 2. The molecule has 1 amide bonds. The van der Waals surface area contributed by atoms with E-state index in [1.54, 1.807) is 4.68 Å². The van der Waals surface area contributed by atoms with Gasteiger partial charge in [0.05, 0.1) is 5.69 Å². The molecule has 1 fully saturated rings. The van der Waals surface area contributed by atoms with Crippen LogP contribution in [0.4, 0.5) is 0 Å². The standard InChI is InChI=1S/C13H19N3O4/c1-3-9-8(7-16(2)15-9)6-14-12(17)10-4-5-11(20-10)13(18)19/h7,10-11H,3-6H2,1-2H3,(H,14,17)(H,18,19)/t10-,11+/m0/s1. The molecule has 1 saturated heterocycles. The quantitative estimate of drug-likeness (QED) is 0.806. The lowest BCUT2D eigenvalue weighted by atomic mass is 10.1. The summed E-state index contributed by atoms with van der Waals surface area (Å²) in [6.07, 6.45) is 1.95. The second-order valence-corrected chi connectivity index (χ2v) is 4.88. The van der Waals surface area contributed by atoms with Crippen molar-refractivity contribution in [2.75, 3.05) is 0 Å². The van der Waals surface area contributed by atoms with Crippen LogP contribution in [0, 0.1) is 0 Å². The van der Waals surface area contributed by atoms with Gasteiger partial charge in [-0.3, -0.25) is 9.48 Å². The van der Waals surface area contributed by atoms with Crippen molar-refractivity contribution in [1.82, 2.24) is 15.1 Å². The number of nitrogens with zero attached hydrogens (tertiary/aromatic N) is 2. The summed E-state index contributed by atoms with van der Waals surface area (Å²) in [6, 6.07) is 0. The highest BCUT2D eigenvalue weighted by molar-refractivity contribution is 5.82. The molecule has 20 heavy (non-hydrogen) atoms. The van der Waals surface area contributed by atoms with E-state index in [1.807, 2.05) is 20.2 Å². The summed E-state index contributed by atoms with van der Waals surface area (Å²) >= 11 is 0. The first-order valence-electron chi connectivity index (χ1n) is 6.68. The van der Waals surface area contributed by atoms with Crippen LogP contribution in [0.15, 0.2) is 6.20 Å². The van der Waals surface area contributed by atoms with E-state index >= 15 is 0 Å². The molecule has 7 heteroatoms. The average Bonchev–Trinajstić information content (AvgIpc) is 3.02. The number of aryl methyl sites for hydroxylation is 2. The van der Waals surface area contributed by atoms with Crippen LogP contribution < -0.4 is 5.32 Å². The number of nitrogens with one attached hydrogen (secondary N) is 1. The third-order valence-corrected chi connectivity index (χ3v) is 3.37. The van der Waals surface area contributed by atoms with E-state index in [0.29, 0.717) is 19.4 Å². The maximum absolute atomic E-state index is 11.9. The van der Waals surface area contributed by atoms with E-state index in [4.69, 9.17) is 9.84 Å². The summed E-state index contributed by atoms with van der Waals surface area (Å²) in [7, 11) is 1.84. The number of hydrogen-bond acceptors (Lipinski definition) is 4. The van der Waals surface area contributed by atoms with Crippen LogP contribution in [-0.4, -0.2) is 39.0 Å². The van der Waals surface area contributed by atoms with Crippen molar-refractivity contribution < 1.29 is 19.4 Å². The van der Waals surface area contributed by atoms with Crippen LogP contribution >= 0.6 is 0 Å². The van der Waals surface area contributed by atoms with Crippen molar-refractivity contribution in [3.8, 4) is 0 Å². The summed E-state index contributed by atoms with van der Waals surface area (Å²) < 4.78 is 6.92. The Kier molecular flexibility index (Phi) is 4.39. The van der Waals surface area contributed by atoms with Crippen molar-refractivity contribution in [3.63, 3.8) is 0 Å². The first kappa shape index (κ1) is 14.5. The minimum Gasteiger partial charge on any atom is -0.479 e. The van der Waals surface area contributed by atoms with Crippen LogP contribution in [0.25, 0.3) is 0 Å². The molecule has 1 aromatic heterocycles. The lowest BCUT2D eigenvalue weighted by molar-refractivity contribution is -0.151. The van der Waals surface area contributed by atoms with E-state index in [2.05, 4.69) is 10.4 Å². The topological polar surface area (TPSA) is 93.5 Å². The second-order valence-electron chi connectivity index (χ2n) is 4.88. The average molecular weight is 281 g/mol. The van der Waals surface area contributed by atoms with Gasteiger partial charge in [0.2, 0.25) is 5.91 Å². The van der Waals surface area contributed by atoms with Gasteiger partial charge in [0.1, 0.15) is 6.10 Å². The normalized spacial score (nSPS) is 21.9. The SMILES string of the molecule is CCc1nn(C)cc1CNC(=O)[C@@H]1CC[C@H](C(=O)O)O1. The molecule has 2 heterocycles. The highest BCUT2D eigenvalue weighted by atomic mass is 16.5. The number of ether oxygens (including phenoxy) is 1. The number of carbonyl (C=O) groups excluding carboxylic acids is 1. The first-order valence-corrected chi connectivity index (χ1v) is 6.68. The molecule has 1 aromatic rings. The van der Waals surface area contributed by atoms with Crippen LogP contribution in [0.2, 0.25) is 0 Å². The molecular formula is C13H19N3O4. The number of carbonyl (C=O) groups is 2. The summed E-state index contributed by atoms with van der Waals surface area (Å²) in [5.41, 5.74) is 1.92. The lowest BCUT2D eigenvalue weighted by Crippen LogP contribution is -2.35. The Morgan fingerprint density at radius 2 is 2.20 bits per heavy atom. The van der Waals surface area contributed by atoms with Gasteiger partial charge in [-0.05, 0) is 19.3 Å². The Balaban J connectivity index is 1.88. The molecule has 1 aliphatic rings. The molecule has 110 valence electrons. The zero-order valence-electron chi connectivity index (χ0n) is 11.6. The molecule has 0 bridgehead atoms. The number of rotatable bonds is 5. The zero-order chi connectivity index (χ0) is 14.7. The van der Waals surface area contributed by atoms with Crippen LogP contribution in [0.1, 0.15) is 31.0 Å². The Hall–Kier alpha value is -1.89. The molecule has 0 aromatic carbocycles.